The number of ketones is 1. The van der Waals surface area contributed by atoms with Crippen LogP contribution < -0.4 is 0 Å². The molecule has 2 rings (SSSR count). The molecule has 0 fully saturated rings. The first-order valence-corrected chi connectivity index (χ1v) is 6.79. The van der Waals surface area contributed by atoms with Crippen LogP contribution in [0, 0.1) is 11.3 Å². The predicted molar refractivity (Wildman–Crippen MR) is 76.1 cm³/mol. The third-order valence-electron chi connectivity index (χ3n) is 4.57. The summed E-state index contributed by atoms with van der Waals surface area (Å²) in [6.07, 6.45) is 1.03. The lowest BCUT2D eigenvalue weighted by Crippen LogP contribution is -2.34. The van der Waals surface area contributed by atoms with Gasteiger partial charge in [0.25, 0.3) is 0 Å². The Morgan fingerprint density at radius 3 is 2.39 bits per heavy atom. The van der Waals surface area contributed by atoms with Gasteiger partial charge in [0.2, 0.25) is 0 Å². The highest BCUT2D eigenvalue weighted by Crippen LogP contribution is 2.51. The molecule has 1 aromatic carbocycles. The highest BCUT2D eigenvalue weighted by atomic mass is 16.1. The maximum absolute atomic E-state index is 11.8. The molecule has 1 aliphatic carbocycles. The zero-order chi connectivity index (χ0) is 13.7. The molecule has 1 nitrogen and oxygen atoms in total. The summed E-state index contributed by atoms with van der Waals surface area (Å²) in [5, 5.41) is 0. The number of Topliss-reactive ketones (excluding diaryl/α,β-unsaturated/α-hetero) is 1. The van der Waals surface area contributed by atoms with E-state index in [1.54, 1.807) is 6.92 Å². The van der Waals surface area contributed by atoms with Crippen molar-refractivity contribution >= 4 is 5.78 Å². The zero-order valence-corrected chi connectivity index (χ0v) is 12.4. The van der Waals surface area contributed by atoms with E-state index in [-0.39, 0.29) is 16.6 Å². The molecule has 0 radical (unpaired) electrons. The maximum atomic E-state index is 11.8. The summed E-state index contributed by atoms with van der Waals surface area (Å²) in [5.74, 6) is 0.776. The van der Waals surface area contributed by atoms with Crippen LogP contribution in [0.5, 0.6) is 0 Å². The minimum Gasteiger partial charge on any atom is -0.295 e. The van der Waals surface area contributed by atoms with Crippen molar-refractivity contribution in [2.75, 3.05) is 0 Å². The Morgan fingerprint density at radius 2 is 1.89 bits per heavy atom. The molecule has 1 atom stereocenters. The summed E-state index contributed by atoms with van der Waals surface area (Å²) in [6, 6.07) is 6.21. The summed E-state index contributed by atoms with van der Waals surface area (Å²) in [6.45, 7) is 13.2. The molecule has 1 heteroatoms. The van der Waals surface area contributed by atoms with E-state index in [9.17, 15) is 4.79 Å². The average molecular weight is 244 g/mol. The molecule has 98 valence electrons. The van der Waals surface area contributed by atoms with E-state index < -0.39 is 0 Å². The van der Waals surface area contributed by atoms with Crippen LogP contribution >= 0.6 is 0 Å². The van der Waals surface area contributed by atoms with Crippen molar-refractivity contribution in [1.82, 2.24) is 0 Å². The second kappa shape index (κ2) is 3.94. The standard InChI is InChI=1S/C17H24O/c1-11(18)12-8-7-9-14-13(12)10-15(16(2,3)4)17(14,5)6/h7-9,15H,10H2,1-6H3. The quantitative estimate of drug-likeness (QED) is 0.670. The maximum Gasteiger partial charge on any atom is 0.160 e. The molecular formula is C17H24O. The Morgan fingerprint density at radius 1 is 1.28 bits per heavy atom. The van der Waals surface area contributed by atoms with Crippen LogP contribution in [-0.4, -0.2) is 5.78 Å². The second-order valence-corrected chi connectivity index (χ2v) is 7.23. The van der Waals surface area contributed by atoms with Gasteiger partial charge >= 0.3 is 0 Å². The minimum absolute atomic E-state index is 0.152. The SMILES string of the molecule is CC(=O)c1cccc2c1CC(C(C)(C)C)C2(C)C. The molecule has 0 N–H and O–H groups in total. The first-order chi connectivity index (χ1) is 8.15. The van der Waals surface area contributed by atoms with Crippen LogP contribution in [-0.2, 0) is 11.8 Å². The van der Waals surface area contributed by atoms with E-state index in [2.05, 4.69) is 40.7 Å². The number of carbonyl (C=O) groups excluding carboxylic acids is 1. The van der Waals surface area contributed by atoms with Crippen LogP contribution in [0.1, 0.15) is 63.0 Å². The fourth-order valence-electron chi connectivity index (χ4n) is 3.78. The van der Waals surface area contributed by atoms with E-state index in [0.717, 1.165) is 12.0 Å². The summed E-state index contributed by atoms with van der Waals surface area (Å²) < 4.78 is 0. The number of rotatable bonds is 1. The molecule has 18 heavy (non-hydrogen) atoms. The van der Waals surface area contributed by atoms with Gasteiger partial charge in [0.1, 0.15) is 0 Å². The Balaban J connectivity index is 2.59. The van der Waals surface area contributed by atoms with Crippen molar-refractivity contribution in [3.05, 3.63) is 34.9 Å². The minimum atomic E-state index is 0.152. The highest BCUT2D eigenvalue weighted by molar-refractivity contribution is 5.96. The highest BCUT2D eigenvalue weighted by Gasteiger charge is 2.45. The van der Waals surface area contributed by atoms with Crippen LogP contribution in [0.25, 0.3) is 0 Å². The van der Waals surface area contributed by atoms with Gasteiger partial charge in [-0.15, -0.1) is 0 Å². The Hall–Kier alpha value is -1.11. The van der Waals surface area contributed by atoms with Crippen molar-refractivity contribution < 1.29 is 4.79 Å². The first kappa shape index (κ1) is 13.3. The van der Waals surface area contributed by atoms with Crippen molar-refractivity contribution in [1.29, 1.82) is 0 Å². The van der Waals surface area contributed by atoms with Crippen LogP contribution in [0.3, 0.4) is 0 Å². The second-order valence-electron chi connectivity index (χ2n) is 7.23. The van der Waals surface area contributed by atoms with Gasteiger partial charge in [-0.3, -0.25) is 4.79 Å². The number of carbonyl (C=O) groups is 1. The smallest absolute Gasteiger partial charge is 0.160 e. The molecule has 1 aliphatic rings. The topological polar surface area (TPSA) is 17.1 Å². The van der Waals surface area contributed by atoms with E-state index in [4.69, 9.17) is 0 Å². The molecule has 0 spiro atoms. The van der Waals surface area contributed by atoms with E-state index in [0.29, 0.717) is 5.92 Å². The summed E-state index contributed by atoms with van der Waals surface area (Å²) in [5.41, 5.74) is 3.99. The number of fused-ring (bicyclic) bond motifs is 1. The lowest BCUT2D eigenvalue weighted by Gasteiger charge is -2.38. The van der Waals surface area contributed by atoms with Gasteiger partial charge in [0.05, 0.1) is 0 Å². The summed E-state index contributed by atoms with van der Waals surface area (Å²) in [4.78, 5) is 11.8. The zero-order valence-electron chi connectivity index (χ0n) is 12.4. The van der Waals surface area contributed by atoms with Gasteiger partial charge < -0.3 is 0 Å². The predicted octanol–water partition coefficient (Wildman–Crippen LogP) is 4.39. The molecule has 0 saturated carbocycles. The third-order valence-corrected chi connectivity index (χ3v) is 4.57. The Labute approximate surface area is 111 Å². The molecule has 1 aromatic rings. The van der Waals surface area contributed by atoms with E-state index in [1.807, 2.05) is 12.1 Å². The summed E-state index contributed by atoms with van der Waals surface area (Å²) in [7, 11) is 0. The van der Waals surface area contributed by atoms with Crippen LogP contribution in [0.15, 0.2) is 18.2 Å². The molecule has 0 amide bonds. The number of benzene rings is 1. The molecule has 0 saturated heterocycles. The van der Waals surface area contributed by atoms with Gasteiger partial charge in [0.15, 0.2) is 5.78 Å². The van der Waals surface area contributed by atoms with Gasteiger partial charge in [-0.05, 0) is 41.2 Å². The Kier molecular flexibility index (Phi) is 2.92. The first-order valence-electron chi connectivity index (χ1n) is 6.79. The van der Waals surface area contributed by atoms with Crippen molar-refractivity contribution in [2.24, 2.45) is 11.3 Å². The fourth-order valence-corrected chi connectivity index (χ4v) is 3.78. The summed E-state index contributed by atoms with van der Waals surface area (Å²) >= 11 is 0. The van der Waals surface area contributed by atoms with Crippen LogP contribution in [0.2, 0.25) is 0 Å². The lowest BCUT2D eigenvalue weighted by atomic mass is 9.66. The van der Waals surface area contributed by atoms with Gasteiger partial charge in [0, 0.05) is 5.56 Å². The molecule has 0 bridgehead atoms. The molecule has 0 aromatic heterocycles. The molecule has 1 unspecified atom stereocenters. The van der Waals surface area contributed by atoms with Gasteiger partial charge in [-0.25, -0.2) is 0 Å². The van der Waals surface area contributed by atoms with Crippen molar-refractivity contribution in [2.45, 2.75) is 53.4 Å². The van der Waals surface area contributed by atoms with E-state index in [1.165, 1.54) is 11.1 Å². The Bertz CT molecular complexity index is 489. The van der Waals surface area contributed by atoms with Crippen LogP contribution in [0.4, 0.5) is 0 Å². The lowest BCUT2D eigenvalue weighted by molar-refractivity contribution is 0.101. The van der Waals surface area contributed by atoms with Crippen molar-refractivity contribution in [3.63, 3.8) is 0 Å². The van der Waals surface area contributed by atoms with Crippen molar-refractivity contribution in [3.8, 4) is 0 Å². The third kappa shape index (κ3) is 1.90. The van der Waals surface area contributed by atoms with E-state index >= 15 is 0 Å². The van der Waals surface area contributed by atoms with Gasteiger partial charge in [-0.2, -0.15) is 0 Å². The molecular weight excluding hydrogens is 220 g/mol. The normalized spacial score (nSPS) is 21.8. The number of hydrogen-bond acceptors (Lipinski definition) is 1. The molecule has 0 aliphatic heterocycles. The fraction of sp³-hybridized carbons (Fsp3) is 0.588. The number of hydrogen-bond donors (Lipinski definition) is 0. The monoisotopic (exact) mass is 244 g/mol. The molecule has 0 heterocycles. The average Bonchev–Trinajstić information content (AvgIpc) is 2.50. The van der Waals surface area contributed by atoms with Gasteiger partial charge in [-0.1, -0.05) is 52.8 Å². The largest absolute Gasteiger partial charge is 0.295 e.